The summed E-state index contributed by atoms with van der Waals surface area (Å²) >= 11 is 0. The normalized spacial score (nSPS) is 36.8. The summed E-state index contributed by atoms with van der Waals surface area (Å²) in [6.07, 6.45) is 13.0. The Bertz CT molecular complexity index is 460. The Balaban J connectivity index is 1.31. The molecule has 2 unspecified atom stereocenters. The van der Waals surface area contributed by atoms with E-state index in [0.29, 0.717) is 24.9 Å². The predicted octanol–water partition coefficient (Wildman–Crippen LogP) is 4.72. The van der Waals surface area contributed by atoms with Gasteiger partial charge in [-0.15, -0.1) is 0 Å². The van der Waals surface area contributed by atoms with Crippen molar-refractivity contribution in [3.05, 3.63) is 0 Å². The average Bonchev–Trinajstić information content (AvgIpc) is 2.72. The van der Waals surface area contributed by atoms with Crippen LogP contribution in [0.1, 0.15) is 90.4 Å². The Morgan fingerprint density at radius 3 is 2.43 bits per heavy atom. The van der Waals surface area contributed by atoms with Crippen molar-refractivity contribution in [3.8, 4) is 0 Å². The lowest BCUT2D eigenvalue weighted by atomic mass is 9.83. The number of hydrogen-bond donors (Lipinski definition) is 2. The minimum Gasteiger partial charge on any atom is -0.462 e. The van der Waals surface area contributed by atoms with E-state index in [1.54, 1.807) is 0 Å². The summed E-state index contributed by atoms with van der Waals surface area (Å²) in [7, 11) is 0. The minimum absolute atomic E-state index is 0.0404. The zero-order valence-electron chi connectivity index (χ0n) is 17.8. The molecular weight excluding hydrogens is 355 g/mol. The van der Waals surface area contributed by atoms with Gasteiger partial charge in [-0.3, -0.25) is 4.79 Å². The van der Waals surface area contributed by atoms with Crippen LogP contribution in [0.5, 0.6) is 0 Å². The topological polar surface area (TPSA) is 50.4 Å². The fraction of sp³-hybridized carbons (Fsp3) is 0.957. The van der Waals surface area contributed by atoms with E-state index in [0.717, 1.165) is 57.5 Å². The van der Waals surface area contributed by atoms with E-state index in [1.165, 1.54) is 32.1 Å². The van der Waals surface area contributed by atoms with Crippen LogP contribution >= 0.6 is 0 Å². The maximum Gasteiger partial charge on any atom is 0.309 e. The van der Waals surface area contributed by atoms with Crippen molar-refractivity contribution in [2.75, 3.05) is 13.1 Å². The van der Waals surface area contributed by atoms with E-state index in [2.05, 4.69) is 17.6 Å². The highest BCUT2D eigenvalue weighted by molar-refractivity contribution is 5.72. The van der Waals surface area contributed by atoms with Crippen LogP contribution in [0.4, 0.5) is 4.39 Å². The average molecular weight is 397 g/mol. The van der Waals surface area contributed by atoms with E-state index in [-0.39, 0.29) is 18.0 Å². The molecule has 0 aromatic rings. The second-order valence-electron chi connectivity index (χ2n) is 9.44. The summed E-state index contributed by atoms with van der Waals surface area (Å²) in [5.41, 5.74) is 0. The number of ether oxygens (including phenoxy) is 1. The quantitative estimate of drug-likeness (QED) is 0.460. The standard InChI is InChI=1S/C23H41FN2O2/c1-2-3-4-5-7-17-15-25-22(26-16-17)18-10-12-21(13-11-18)28-23(27)19-8-6-9-20(24)14-19/h17-22,25-26H,2-16H2,1H3. The Labute approximate surface area is 170 Å². The molecule has 5 heteroatoms. The summed E-state index contributed by atoms with van der Waals surface area (Å²) < 4.78 is 19.3. The van der Waals surface area contributed by atoms with Gasteiger partial charge in [-0.05, 0) is 69.6 Å². The van der Waals surface area contributed by atoms with Crippen LogP contribution in [-0.4, -0.2) is 37.5 Å². The lowest BCUT2D eigenvalue weighted by Crippen LogP contribution is -2.56. The van der Waals surface area contributed by atoms with E-state index in [1.807, 2.05) is 0 Å². The highest BCUT2D eigenvalue weighted by atomic mass is 19.1. The van der Waals surface area contributed by atoms with Crippen molar-refractivity contribution in [2.45, 2.75) is 109 Å². The van der Waals surface area contributed by atoms with Gasteiger partial charge in [-0.25, -0.2) is 4.39 Å². The molecule has 162 valence electrons. The number of carbonyl (C=O) groups excluding carboxylic acids is 1. The van der Waals surface area contributed by atoms with Gasteiger partial charge in [0, 0.05) is 13.1 Å². The highest BCUT2D eigenvalue weighted by Gasteiger charge is 2.34. The Morgan fingerprint density at radius 2 is 1.75 bits per heavy atom. The van der Waals surface area contributed by atoms with Gasteiger partial charge in [0.1, 0.15) is 12.3 Å². The van der Waals surface area contributed by atoms with Crippen LogP contribution < -0.4 is 10.6 Å². The number of hydrogen-bond acceptors (Lipinski definition) is 4. The number of unbranched alkanes of at least 4 members (excludes halogenated alkanes) is 3. The molecule has 2 saturated carbocycles. The second kappa shape index (κ2) is 11.5. The lowest BCUT2D eigenvalue weighted by Gasteiger charge is -2.39. The molecule has 0 bridgehead atoms. The smallest absolute Gasteiger partial charge is 0.309 e. The first-order valence-electron chi connectivity index (χ1n) is 12.0. The van der Waals surface area contributed by atoms with Gasteiger partial charge in [0.2, 0.25) is 0 Å². The summed E-state index contributed by atoms with van der Waals surface area (Å²) in [5, 5.41) is 7.46. The number of alkyl halides is 1. The highest BCUT2D eigenvalue weighted by Crippen LogP contribution is 2.32. The first-order chi connectivity index (χ1) is 13.7. The van der Waals surface area contributed by atoms with E-state index < -0.39 is 6.17 Å². The molecule has 1 aliphatic heterocycles. The third kappa shape index (κ3) is 6.69. The van der Waals surface area contributed by atoms with Gasteiger partial charge in [0.25, 0.3) is 0 Å². The molecule has 1 saturated heterocycles. The first-order valence-corrected chi connectivity index (χ1v) is 12.0. The fourth-order valence-electron chi connectivity index (χ4n) is 5.27. The van der Waals surface area contributed by atoms with Crippen LogP contribution in [0.25, 0.3) is 0 Å². The van der Waals surface area contributed by atoms with E-state index in [4.69, 9.17) is 4.74 Å². The molecule has 0 aromatic carbocycles. The summed E-state index contributed by atoms with van der Waals surface area (Å²) in [6.45, 7) is 4.52. The summed E-state index contributed by atoms with van der Waals surface area (Å²) in [4.78, 5) is 12.3. The monoisotopic (exact) mass is 396 g/mol. The zero-order valence-corrected chi connectivity index (χ0v) is 17.8. The summed E-state index contributed by atoms with van der Waals surface area (Å²) in [5.74, 6) is 1.03. The maximum atomic E-state index is 13.5. The fourth-order valence-corrected chi connectivity index (χ4v) is 5.27. The van der Waals surface area contributed by atoms with Crippen molar-refractivity contribution in [1.29, 1.82) is 0 Å². The molecular formula is C23H41FN2O2. The van der Waals surface area contributed by atoms with Crippen molar-refractivity contribution < 1.29 is 13.9 Å². The number of carbonyl (C=O) groups is 1. The van der Waals surface area contributed by atoms with Crippen molar-refractivity contribution >= 4 is 5.97 Å². The van der Waals surface area contributed by atoms with Crippen LogP contribution in [0.3, 0.4) is 0 Å². The van der Waals surface area contributed by atoms with Gasteiger partial charge in [0.15, 0.2) is 0 Å². The van der Waals surface area contributed by atoms with Crippen LogP contribution in [0.15, 0.2) is 0 Å². The number of halogens is 1. The van der Waals surface area contributed by atoms with Gasteiger partial charge in [0.05, 0.1) is 12.1 Å². The molecule has 2 aliphatic carbocycles. The molecule has 2 atom stereocenters. The molecule has 3 fully saturated rings. The Kier molecular flexibility index (Phi) is 9.04. The molecule has 28 heavy (non-hydrogen) atoms. The molecule has 0 amide bonds. The lowest BCUT2D eigenvalue weighted by molar-refractivity contribution is -0.158. The maximum absolute atomic E-state index is 13.5. The van der Waals surface area contributed by atoms with Gasteiger partial charge < -0.3 is 15.4 Å². The molecule has 3 rings (SSSR count). The first kappa shape index (κ1) is 22.0. The molecule has 2 N–H and O–H groups in total. The van der Waals surface area contributed by atoms with Gasteiger partial charge >= 0.3 is 5.97 Å². The van der Waals surface area contributed by atoms with Crippen LogP contribution in [0.2, 0.25) is 0 Å². The van der Waals surface area contributed by atoms with Crippen LogP contribution in [-0.2, 0) is 9.53 Å². The second-order valence-corrected chi connectivity index (χ2v) is 9.44. The third-order valence-corrected chi connectivity index (χ3v) is 7.14. The van der Waals surface area contributed by atoms with Gasteiger partial charge in [-0.1, -0.05) is 32.6 Å². The SMILES string of the molecule is CCCCCCC1CNC(C2CCC(OC(=O)C3CCCC(F)C3)CC2)NC1. The predicted molar refractivity (Wildman–Crippen MR) is 111 cm³/mol. The number of rotatable bonds is 8. The molecule has 3 aliphatic rings. The summed E-state index contributed by atoms with van der Waals surface area (Å²) in [6, 6.07) is 0. The van der Waals surface area contributed by atoms with E-state index >= 15 is 0 Å². The van der Waals surface area contributed by atoms with E-state index in [9.17, 15) is 9.18 Å². The third-order valence-electron chi connectivity index (χ3n) is 7.14. The van der Waals surface area contributed by atoms with Crippen molar-refractivity contribution in [3.63, 3.8) is 0 Å². The van der Waals surface area contributed by atoms with Gasteiger partial charge in [-0.2, -0.15) is 0 Å². The molecule has 0 radical (unpaired) electrons. The van der Waals surface area contributed by atoms with Crippen LogP contribution in [0, 0.1) is 17.8 Å². The number of esters is 1. The number of nitrogens with one attached hydrogen (secondary N) is 2. The molecule has 0 spiro atoms. The Hall–Kier alpha value is -0.680. The van der Waals surface area contributed by atoms with Crippen molar-refractivity contribution in [1.82, 2.24) is 10.6 Å². The Morgan fingerprint density at radius 1 is 1.00 bits per heavy atom. The zero-order chi connectivity index (χ0) is 19.8. The largest absolute Gasteiger partial charge is 0.462 e. The molecule has 4 nitrogen and oxygen atoms in total. The minimum atomic E-state index is -0.819. The molecule has 0 aromatic heterocycles. The molecule has 1 heterocycles. The van der Waals surface area contributed by atoms with Crippen molar-refractivity contribution in [2.24, 2.45) is 17.8 Å².